The van der Waals surface area contributed by atoms with Crippen LogP contribution in [0, 0.1) is 3.57 Å². The number of nitrogens with zero attached hydrogens (tertiary/aromatic N) is 1. The van der Waals surface area contributed by atoms with Gasteiger partial charge >= 0.3 is 0 Å². The molecule has 160 valence electrons. The maximum atomic E-state index is 13.9. The Bertz CT molecular complexity index is 835. The molecule has 0 radical (unpaired) electrons. The van der Waals surface area contributed by atoms with E-state index in [0.29, 0.717) is 25.4 Å². The molecule has 2 aliphatic rings. The number of aromatic nitrogens is 1. The summed E-state index contributed by atoms with van der Waals surface area (Å²) in [5.74, 6) is -1.18. The predicted octanol–water partition coefficient (Wildman–Crippen LogP) is 7.07. The summed E-state index contributed by atoms with van der Waals surface area (Å²) in [6.07, 6.45) is 5.12. The van der Waals surface area contributed by atoms with E-state index in [1.807, 2.05) is 12.1 Å². The minimum absolute atomic E-state index is 0.0200. The topological polar surface area (TPSA) is 23.4 Å². The predicted molar refractivity (Wildman–Crippen MR) is 120 cm³/mol. The Kier molecular flexibility index (Phi) is 6.69. The van der Waals surface area contributed by atoms with Crippen molar-refractivity contribution in [1.82, 2.24) is 4.57 Å². The number of ether oxygens (including phenoxy) is 2. The summed E-state index contributed by atoms with van der Waals surface area (Å²) in [4.78, 5) is 0. The molecule has 0 bridgehead atoms. The quantitative estimate of drug-likeness (QED) is 0.302. The molecule has 1 saturated heterocycles. The van der Waals surface area contributed by atoms with Crippen LogP contribution in [0.5, 0.6) is 5.75 Å². The van der Waals surface area contributed by atoms with Gasteiger partial charge in [-0.3, -0.25) is 0 Å². The monoisotopic (exact) mass is 517 g/mol. The molecule has 6 heteroatoms. The van der Waals surface area contributed by atoms with Gasteiger partial charge in [0.15, 0.2) is 0 Å². The van der Waals surface area contributed by atoms with Gasteiger partial charge in [0.25, 0.3) is 0 Å². The summed E-state index contributed by atoms with van der Waals surface area (Å²) in [6.45, 7) is 4.40. The second-order valence-electron chi connectivity index (χ2n) is 8.40. The third-order valence-corrected chi connectivity index (χ3v) is 7.47. The molecule has 0 spiro atoms. The Morgan fingerprint density at radius 2 is 1.90 bits per heavy atom. The second-order valence-corrected chi connectivity index (χ2v) is 9.47. The van der Waals surface area contributed by atoms with E-state index in [4.69, 9.17) is 9.47 Å². The van der Waals surface area contributed by atoms with Gasteiger partial charge in [0, 0.05) is 47.3 Å². The molecule has 1 aliphatic heterocycles. The molecule has 0 N–H and O–H groups in total. The number of halogens is 3. The lowest BCUT2D eigenvalue weighted by molar-refractivity contribution is -0.0439. The van der Waals surface area contributed by atoms with Gasteiger partial charge in [0.1, 0.15) is 5.75 Å². The number of unbranched alkanes of at least 4 members (excludes halogenated alkanes) is 1. The zero-order valence-electron chi connectivity index (χ0n) is 17.1. The highest BCUT2D eigenvalue weighted by Gasteiger charge is 2.38. The molecule has 0 atom stereocenters. The van der Waals surface area contributed by atoms with Gasteiger partial charge in [-0.1, -0.05) is 19.4 Å². The van der Waals surface area contributed by atoms with Crippen molar-refractivity contribution in [3.8, 4) is 5.75 Å². The fourth-order valence-corrected chi connectivity index (χ4v) is 6.02. The van der Waals surface area contributed by atoms with E-state index in [9.17, 15) is 8.78 Å². The van der Waals surface area contributed by atoms with Crippen LogP contribution in [-0.2, 0) is 4.74 Å². The number of rotatable bonds is 6. The zero-order valence-corrected chi connectivity index (χ0v) is 19.2. The van der Waals surface area contributed by atoms with Crippen molar-refractivity contribution < 1.29 is 18.3 Å². The Morgan fingerprint density at radius 1 is 1.17 bits per heavy atom. The summed E-state index contributed by atoms with van der Waals surface area (Å²) in [5.41, 5.74) is 2.45. The van der Waals surface area contributed by atoms with Crippen molar-refractivity contribution in [3.05, 3.63) is 27.5 Å². The highest BCUT2D eigenvalue weighted by molar-refractivity contribution is 14.1. The van der Waals surface area contributed by atoms with Crippen LogP contribution in [0.3, 0.4) is 0 Å². The fourth-order valence-electron chi connectivity index (χ4n) is 4.77. The lowest BCUT2D eigenvalue weighted by atomic mass is 9.90. The lowest BCUT2D eigenvalue weighted by Gasteiger charge is -2.33. The lowest BCUT2D eigenvalue weighted by Crippen LogP contribution is -2.28. The zero-order chi connectivity index (χ0) is 20.4. The van der Waals surface area contributed by atoms with Gasteiger partial charge in [-0.05, 0) is 66.8 Å². The average Bonchev–Trinajstić information content (AvgIpc) is 3.02. The summed E-state index contributed by atoms with van der Waals surface area (Å²) in [7, 11) is 0. The summed E-state index contributed by atoms with van der Waals surface area (Å²) in [6, 6.07) is 6.36. The third-order valence-electron chi connectivity index (χ3n) is 6.38. The van der Waals surface area contributed by atoms with Gasteiger partial charge in [-0.25, -0.2) is 8.78 Å². The fraction of sp³-hybridized carbons (Fsp3) is 0.652. The normalized spacial score (nSPS) is 21.0. The number of fused-ring (bicyclic) bond motifs is 1. The van der Waals surface area contributed by atoms with E-state index in [-0.39, 0.29) is 18.9 Å². The number of hydrogen-bond donors (Lipinski definition) is 0. The van der Waals surface area contributed by atoms with Gasteiger partial charge in [-0.2, -0.15) is 0 Å². The molecule has 0 unspecified atom stereocenters. The largest absolute Gasteiger partial charge is 0.493 e. The van der Waals surface area contributed by atoms with E-state index in [1.54, 1.807) is 0 Å². The first-order chi connectivity index (χ1) is 14.0. The van der Waals surface area contributed by atoms with Crippen molar-refractivity contribution in [2.75, 3.05) is 19.8 Å². The van der Waals surface area contributed by atoms with Crippen molar-refractivity contribution in [2.24, 2.45) is 0 Å². The molecule has 1 aromatic heterocycles. The molecule has 2 fully saturated rings. The van der Waals surface area contributed by atoms with Crippen molar-refractivity contribution in [1.29, 1.82) is 0 Å². The summed E-state index contributed by atoms with van der Waals surface area (Å²) in [5, 5.41) is 1.16. The summed E-state index contributed by atoms with van der Waals surface area (Å²) >= 11 is 2.46. The molecule has 4 rings (SSSR count). The van der Waals surface area contributed by atoms with Crippen LogP contribution in [0.2, 0.25) is 0 Å². The maximum absolute atomic E-state index is 13.9. The van der Waals surface area contributed by atoms with Crippen LogP contribution in [-0.4, -0.2) is 30.3 Å². The molecule has 2 aromatic rings. The van der Waals surface area contributed by atoms with Crippen LogP contribution >= 0.6 is 22.6 Å². The van der Waals surface area contributed by atoms with Crippen LogP contribution in [0.15, 0.2) is 18.2 Å². The van der Waals surface area contributed by atoms with Crippen molar-refractivity contribution in [2.45, 2.75) is 76.2 Å². The van der Waals surface area contributed by atoms with Crippen LogP contribution < -0.4 is 4.74 Å². The molecule has 29 heavy (non-hydrogen) atoms. The Balaban J connectivity index is 1.79. The van der Waals surface area contributed by atoms with E-state index < -0.39 is 5.92 Å². The average molecular weight is 517 g/mol. The van der Waals surface area contributed by atoms with Crippen molar-refractivity contribution in [3.63, 3.8) is 0 Å². The minimum atomic E-state index is -2.51. The Morgan fingerprint density at radius 3 is 2.59 bits per heavy atom. The molecule has 1 aromatic carbocycles. The van der Waals surface area contributed by atoms with E-state index in [1.165, 1.54) is 9.26 Å². The Labute approximate surface area is 185 Å². The van der Waals surface area contributed by atoms with Crippen molar-refractivity contribution >= 4 is 33.5 Å². The van der Waals surface area contributed by atoms with Gasteiger partial charge in [0.05, 0.1) is 17.5 Å². The highest BCUT2D eigenvalue weighted by Crippen LogP contribution is 2.46. The number of benzene rings is 1. The molecule has 2 heterocycles. The number of alkyl halides is 2. The SMILES string of the molecule is CCCCOc1cccc2c1c(I)c(C1CCOCC1)n2C1CCC(F)(F)CC1. The molecule has 1 saturated carbocycles. The van der Waals surface area contributed by atoms with Gasteiger partial charge < -0.3 is 14.0 Å². The van der Waals surface area contributed by atoms with E-state index >= 15 is 0 Å². The van der Waals surface area contributed by atoms with Gasteiger partial charge in [-0.15, -0.1) is 0 Å². The first-order valence-electron chi connectivity index (χ1n) is 10.9. The molecule has 0 amide bonds. The van der Waals surface area contributed by atoms with E-state index in [0.717, 1.165) is 55.5 Å². The smallest absolute Gasteiger partial charge is 0.248 e. The van der Waals surface area contributed by atoms with E-state index in [2.05, 4.69) is 40.1 Å². The summed E-state index contributed by atoms with van der Waals surface area (Å²) < 4.78 is 43.1. The second kappa shape index (κ2) is 9.08. The molecule has 1 aliphatic carbocycles. The van der Waals surface area contributed by atoms with Crippen LogP contribution in [0.1, 0.15) is 75.9 Å². The first-order valence-corrected chi connectivity index (χ1v) is 12.0. The van der Waals surface area contributed by atoms with Gasteiger partial charge in [0.2, 0.25) is 5.92 Å². The van der Waals surface area contributed by atoms with Crippen LogP contribution in [0.25, 0.3) is 10.9 Å². The molecular formula is C23H30F2INO2. The maximum Gasteiger partial charge on any atom is 0.248 e. The molecule has 3 nitrogen and oxygen atoms in total. The third kappa shape index (κ3) is 4.43. The Hall–Kier alpha value is -0.890. The minimum Gasteiger partial charge on any atom is -0.493 e. The highest BCUT2D eigenvalue weighted by atomic mass is 127. The number of hydrogen-bond acceptors (Lipinski definition) is 2. The standard InChI is InChI=1S/C23H30F2INO2/c1-2-3-13-29-19-6-4-5-18-20(19)21(26)22(16-9-14-28-15-10-16)27(18)17-7-11-23(24,25)12-8-17/h4-6,16-17H,2-3,7-15H2,1H3. The first kappa shape index (κ1) is 21.3. The van der Waals surface area contributed by atoms with Crippen LogP contribution in [0.4, 0.5) is 8.78 Å². The molecular weight excluding hydrogens is 487 g/mol.